The molecule has 0 saturated carbocycles. The summed E-state index contributed by atoms with van der Waals surface area (Å²) in [5.74, 6) is 1.44. The molecule has 25 heavy (non-hydrogen) atoms. The van der Waals surface area contributed by atoms with Gasteiger partial charge in [-0.3, -0.25) is 9.89 Å². The number of methoxy groups -OCH3 is 1. The number of aromatic amines is 2. The summed E-state index contributed by atoms with van der Waals surface area (Å²) in [6.07, 6.45) is 0. The predicted molar refractivity (Wildman–Crippen MR) is 94.6 cm³/mol. The third-order valence-electron chi connectivity index (χ3n) is 3.80. The highest BCUT2D eigenvalue weighted by atomic mass is 16.5. The van der Waals surface area contributed by atoms with Crippen molar-refractivity contribution in [1.29, 1.82) is 0 Å². The van der Waals surface area contributed by atoms with Crippen LogP contribution in [0.2, 0.25) is 0 Å². The van der Waals surface area contributed by atoms with Crippen molar-refractivity contribution in [3.63, 3.8) is 0 Å². The van der Waals surface area contributed by atoms with Crippen LogP contribution in [0.15, 0.2) is 54.6 Å². The average molecular weight is 333 g/mol. The van der Waals surface area contributed by atoms with Gasteiger partial charge in [-0.05, 0) is 30.3 Å². The first-order valence-electron chi connectivity index (χ1n) is 7.69. The summed E-state index contributed by atoms with van der Waals surface area (Å²) in [5.41, 5.74) is 2.99. The molecule has 0 aliphatic rings. The van der Waals surface area contributed by atoms with Gasteiger partial charge in [0.05, 0.1) is 18.1 Å². The molecule has 2 aromatic heterocycles. The molecule has 0 radical (unpaired) electrons. The minimum atomic E-state index is -0.262. The van der Waals surface area contributed by atoms with Gasteiger partial charge >= 0.3 is 0 Å². The van der Waals surface area contributed by atoms with E-state index >= 15 is 0 Å². The van der Waals surface area contributed by atoms with Gasteiger partial charge < -0.3 is 15.0 Å². The zero-order valence-electron chi connectivity index (χ0n) is 13.4. The molecule has 124 valence electrons. The third kappa shape index (κ3) is 2.94. The van der Waals surface area contributed by atoms with Crippen molar-refractivity contribution in [2.75, 3.05) is 12.4 Å². The zero-order chi connectivity index (χ0) is 17.2. The molecule has 0 unspecified atom stereocenters. The van der Waals surface area contributed by atoms with E-state index in [2.05, 4.69) is 25.5 Å². The molecular formula is C18H15N5O2. The van der Waals surface area contributed by atoms with E-state index in [0.29, 0.717) is 28.6 Å². The Hall–Kier alpha value is -3.61. The smallest absolute Gasteiger partial charge is 0.256 e. The Morgan fingerprint density at radius 1 is 1.12 bits per heavy atom. The Balaban J connectivity index is 1.55. The number of H-pyrrole nitrogens is 2. The Bertz CT molecular complexity index is 1020. The number of aromatic nitrogens is 4. The first-order valence-corrected chi connectivity index (χ1v) is 7.69. The van der Waals surface area contributed by atoms with Crippen LogP contribution in [-0.2, 0) is 0 Å². The first-order chi connectivity index (χ1) is 12.2. The summed E-state index contributed by atoms with van der Waals surface area (Å²) >= 11 is 0. The van der Waals surface area contributed by atoms with Crippen molar-refractivity contribution in [3.8, 4) is 17.3 Å². The van der Waals surface area contributed by atoms with Crippen LogP contribution < -0.4 is 10.1 Å². The molecule has 7 nitrogen and oxygen atoms in total. The lowest BCUT2D eigenvalue weighted by molar-refractivity contribution is 0.102. The SMILES string of the molecule is COc1cccc(C(=O)Nc2cc(-c3nc4ccccc4[nH]3)[nH]n2)c1. The number of imidazole rings is 1. The number of ether oxygens (including phenoxy) is 1. The van der Waals surface area contributed by atoms with Crippen molar-refractivity contribution in [1.82, 2.24) is 20.2 Å². The Morgan fingerprint density at radius 2 is 2.00 bits per heavy atom. The lowest BCUT2D eigenvalue weighted by Gasteiger charge is -2.04. The van der Waals surface area contributed by atoms with Crippen LogP contribution in [0.25, 0.3) is 22.6 Å². The average Bonchev–Trinajstić information content (AvgIpc) is 3.28. The molecule has 0 atom stereocenters. The van der Waals surface area contributed by atoms with E-state index in [1.165, 1.54) is 0 Å². The quantitative estimate of drug-likeness (QED) is 0.534. The Labute approximate surface area is 143 Å². The van der Waals surface area contributed by atoms with E-state index in [9.17, 15) is 4.79 Å². The van der Waals surface area contributed by atoms with Crippen LogP contribution in [0.3, 0.4) is 0 Å². The van der Waals surface area contributed by atoms with Gasteiger partial charge in [0.1, 0.15) is 11.4 Å². The molecule has 3 N–H and O–H groups in total. The number of amides is 1. The maximum atomic E-state index is 12.3. The monoisotopic (exact) mass is 333 g/mol. The number of carbonyl (C=O) groups is 1. The lowest BCUT2D eigenvalue weighted by atomic mass is 10.2. The van der Waals surface area contributed by atoms with Crippen LogP contribution in [0.4, 0.5) is 5.82 Å². The van der Waals surface area contributed by atoms with E-state index in [0.717, 1.165) is 11.0 Å². The number of anilines is 1. The summed E-state index contributed by atoms with van der Waals surface area (Å²) in [4.78, 5) is 20.0. The van der Waals surface area contributed by atoms with Crippen molar-refractivity contribution in [3.05, 3.63) is 60.2 Å². The fourth-order valence-electron chi connectivity index (χ4n) is 2.54. The molecule has 1 amide bonds. The molecule has 0 aliphatic carbocycles. The topological polar surface area (TPSA) is 95.7 Å². The van der Waals surface area contributed by atoms with Gasteiger partial charge in [0.2, 0.25) is 0 Å². The second kappa shape index (κ2) is 6.12. The standard InChI is InChI=1S/C18H15N5O2/c1-25-12-6-4-5-11(9-12)18(24)21-16-10-15(22-23-16)17-19-13-7-2-3-8-14(13)20-17/h2-10H,1H3,(H,19,20)(H2,21,22,23,24). The summed E-state index contributed by atoms with van der Waals surface area (Å²) in [7, 11) is 1.56. The third-order valence-corrected chi connectivity index (χ3v) is 3.80. The van der Waals surface area contributed by atoms with E-state index in [1.54, 1.807) is 37.4 Å². The summed E-state index contributed by atoms with van der Waals surface area (Å²) in [5, 5.41) is 9.76. The van der Waals surface area contributed by atoms with Gasteiger partial charge in [-0.1, -0.05) is 18.2 Å². The number of nitrogens with zero attached hydrogens (tertiary/aromatic N) is 2. The fraction of sp³-hybridized carbons (Fsp3) is 0.0556. The lowest BCUT2D eigenvalue weighted by Crippen LogP contribution is -2.12. The molecule has 4 rings (SSSR count). The molecule has 0 spiro atoms. The van der Waals surface area contributed by atoms with Gasteiger partial charge in [0, 0.05) is 11.6 Å². The highest BCUT2D eigenvalue weighted by Crippen LogP contribution is 2.21. The second-order valence-electron chi connectivity index (χ2n) is 5.46. The van der Waals surface area contributed by atoms with Crippen LogP contribution in [0, 0.1) is 0 Å². The molecule has 7 heteroatoms. The maximum absolute atomic E-state index is 12.3. The van der Waals surface area contributed by atoms with Gasteiger partial charge in [-0.2, -0.15) is 5.10 Å². The molecule has 0 fully saturated rings. The molecule has 2 heterocycles. The van der Waals surface area contributed by atoms with Crippen LogP contribution in [0.5, 0.6) is 5.75 Å². The first kappa shape index (κ1) is 14.9. The van der Waals surface area contributed by atoms with E-state index in [1.807, 2.05) is 24.3 Å². The molecule has 0 aliphatic heterocycles. The van der Waals surface area contributed by atoms with Crippen molar-refractivity contribution in [2.24, 2.45) is 0 Å². The van der Waals surface area contributed by atoms with Crippen molar-refractivity contribution >= 4 is 22.8 Å². The minimum absolute atomic E-state index is 0.262. The minimum Gasteiger partial charge on any atom is -0.497 e. The summed E-state index contributed by atoms with van der Waals surface area (Å²) < 4.78 is 5.13. The molecule has 2 aromatic carbocycles. The number of para-hydroxylation sites is 2. The molecule has 0 saturated heterocycles. The summed E-state index contributed by atoms with van der Waals surface area (Å²) in [6.45, 7) is 0. The zero-order valence-corrected chi connectivity index (χ0v) is 13.4. The molecule has 0 bridgehead atoms. The van der Waals surface area contributed by atoms with Gasteiger partial charge in [0.25, 0.3) is 5.91 Å². The number of hydrogen-bond acceptors (Lipinski definition) is 4. The number of nitrogens with one attached hydrogen (secondary N) is 3. The predicted octanol–water partition coefficient (Wildman–Crippen LogP) is 3.21. The second-order valence-corrected chi connectivity index (χ2v) is 5.46. The van der Waals surface area contributed by atoms with Crippen molar-refractivity contribution < 1.29 is 9.53 Å². The fourth-order valence-corrected chi connectivity index (χ4v) is 2.54. The van der Waals surface area contributed by atoms with Crippen molar-refractivity contribution in [2.45, 2.75) is 0 Å². The van der Waals surface area contributed by atoms with Crippen LogP contribution in [-0.4, -0.2) is 33.2 Å². The highest BCUT2D eigenvalue weighted by Gasteiger charge is 2.12. The number of fused-ring (bicyclic) bond motifs is 1. The molecule has 4 aromatic rings. The summed E-state index contributed by atoms with van der Waals surface area (Å²) in [6, 6.07) is 16.4. The van der Waals surface area contributed by atoms with E-state index in [-0.39, 0.29) is 5.91 Å². The number of rotatable bonds is 4. The van der Waals surface area contributed by atoms with Gasteiger partial charge in [-0.15, -0.1) is 0 Å². The van der Waals surface area contributed by atoms with Gasteiger partial charge in [0.15, 0.2) is 11.6 Å². The highest BCUT2D eigenvalue weighted by molar-refractivity contribution is 6.04. The van der Waals surface area contributed by atoms with Crippen LogP contribution in [0.1, 0.15) is 10.4 Å². The number of hydrogen-bond donors (Lipinski definition) is 3. The number of carbonyl (C=O) groups excluding carboxylic acids is 1. The van der Waals surface area contributed by atoms with Crippen LogP contribution >= 0.6 is 0 Å². The maximum Gasteiger partial charge on any atom is 0.256 e. The Kier molecular flexibility index (Phi) is 3.66. The van der Waals surface area contributed by atoms with E-state index in [4.69, 9.17) is 4.74 Å². The molecular weight excluding hydrogens is 318 g/mol. The largest absolute Gasteiger partial charge is 0.497 e. The Morgan fingerprint density at radius 3 is 2.84 bits per heavy atom. The normalized spacial score (nSPS) is 10.8. The van der Waals surface area contributed by atoms with E-state index < -0.39 is 0 Å². The number of benzene rings is 2. The van der Waals surface area contributed by atoms with Gasteiger partial charge in [-0.25, -0.2) is 4.98 Å².